The van der Waals surface area contributed by atoms with Crippen LogP contribution in [0.4, 0.5) is 4.79 Å². The smallest absolute Gasteiger partial charge is 0.321 e. The van der Waals surface area contributed by atoms with Crippen molar-refractivity contribution >= 4 is 11.9 Å². The highest BCUT2D eigenvalue weighted by atomic mass is 16.5. The predicted molar refractivity (Wildman–Crippen MR) is 112 cm³/mol. The molecular weight excluding hydrogens is 370 g/mol. The van der Waals surface area contributed by atoms with E-state index in [0.29, 0.717) is 24.7 Å². The Balaban J connectivity index is 1.90. The first-order valence-electron chi connectivity index (χ1n) is 9.50. The molecule has 29 heavy (non-hydrogen) atoms. The van der Waals surface area contributed by atoms with Gasteiger partial charge in [-0.1, -0.05) is 36.4 Å². The van der Waals surface area contributed by atoms with E-state index >= 15 is 0 Å². The lowest BCUT2D eigenvalue weighted by Crippen LogP contribution is -2.45. The number of ether oxygens (including phenoxy) is 2. The van der Waals surface area contributed by atoms with Gasteiger partial charge in [-0.05, 0) is 44.2 Å². The largest absolute Gasteiger partial charge is 0.493 e. The third-order valence-electron chi connectivity index (χ3n) is 4.00. The van der Waals surface area contributed by atoms with Gasteiger partial charge in [0.05, 0.1) is 13.7 Å². The van der Waals surface area contributed by atoms with Crippen molar-refractivity contribution in [1.29, 1.82) is 0 Å². The number of urea groups is 1. The molecule has 0 aliphatic carbocycles. The second-order valence-electron chi connectivity index (χ2n) is 7.11. The first kappa shape index (κ1) is 22.2. The van der Waals surface area contributed by atoms with Crippen molar-refractivity contribution in [2.45, 2.75) is 33.0 Å². The van der Waals surface area contributed by atoms with E-state index in [2.05, 4.69) is 10.6 Å². The number of benzene rings is 2. The molecule has 2 aromatic carbocycles. The minimum atomic E-state index is -0.486. The third-order valence-corrected chi connectivity index (χ3v) is 4.00. The molecule has 2 N–H and O–H groups in total. The van der Waals surface area contributed by atoms with Crippen molar-refractivity contribution in [2.75, 3.05) is 20.7 Å². The number of hydrogen-bond donors (Lipinski definition) is 2. The highest BCUT2D eigenvalue weighted by Crippen LogP contribution is 2.29. The van der Waals surface area contributed by atoms with Crippen molar-refractivity contribution in [3.63, 3.8) is 0 Å². The minimum Gasteiger partial charge on any atom is -0.493 e. The van der Waals surface area contributed by atoms with Crippen LogP contribution in [-0.2, 0) is 17.9 Å². The molecule has 0 fully saturated rings. The summed E-state index contributed by atoms with van der Waals surface area (Å²) in [5.74, 6) is 0.930. The molecule has 0 aliphatic rings. The van der Waals surface area contributed by atoms with Crippen LogP contribution in [0, 0.1) is 0 Å². The minimum absolute atomic E-state index is 0.0318. The summed E-state index contributed by atoms with van der Waals surface area (Å²) in [5, 5.41) is 4.94. The molecular formula is C22H29N3O4. The Hall–Kier alpha value is -3.06. The summed E-state index contributed by atoms with van der Waals surface area (Å²) in [5.41, 5.74) is 2.04. The average molecular weight is 399 g/mol. The van der Waals surface area contributed by atoms with Gasteiger partial charge in [0.25, 0.3) is 0 Å². The van der Waals surface area contributed by atoms with Gasteiger partial charge in [-0.15, -0.1) is 0 Å². The Labute approximate surface area is 172 Å². The lowest BCUT2D eigenvalue weighted by Gasteiger charge is -2.18. The van der Waals surface area contributed by atoms with E-state index in [4.69, 9.17) is 9.47 Å². The molecule has 7 heteroatoms. The second-order valence-corrected chi connectivity index (χ2v) is 7.11. The van der Waals surface area contributed by atoms with Crippen LogP contribution in [0.3, 0.4) is 0 Å². The Bertz CT molecular complexity index is 809. The Morgan fingerprint density at radius 3 is 2.41 bits per heavy atom. The van der Waals surface area contributed by atoms with Crippen LogP contribution < -0.4 is 20.1 Å². The van der Waals surface area contributed by atoms with Gasteiger partial charge in [-0.25, -0.2) is 4.79 Å². The summed E-state index contributed by atoms with van der Waals surface area (Å²) >= 11 is 0. The molecule has 0 atom stereocenters. The number of nitrogens with one attached hydrogen (secondary N) is 2. The Morgan fingerprint density at radius 1 is 1.03 bits per heavy atom. The number of carbonyl (C=O) groups excluding carboxylic acids is 2. The van der Waals surface area contributed by atoms with Gasteiger partial charge in [0.2, 0.25) is 5.91 Å². The predicted octanol–water partition coefficient (Wildman–Crippen LogP) is 2.94. The van der Waals surface area contributed by atoms with Crippen molar-refractivity contribution < 1.29 is 19.1 Å². The molecule has 0 heterocycles. The maximum Gasteiger partial charge on any atom is 0.321 e. The van der Waals surface area contributed by atoms with Gasteiger partial charge < -0.3 is 14.8 Å². The van der Waals surface area contributed by atoms with Crippen LogP contribution in [0.25, 0.3) is 0 Å². The Kier molecular flexibility index (Phi) is 8.48. The summed E-state index contributed by atoms with van der Waals surface area (Å²) in [4.78, 5) is 25.4. The zero-order valence-electron chi connectivity index (χ0n) is 17.4. The van der Waals surface area contributed by atoms with Crippen LogP contribution in [0.5, 0.6) is 11.5 Å². The van der Waals surface area contributed by atoms with Gasteiger partial charge in [0.1, 0.15) is 6.61 Å². The third kappa shape index (κ3) is 7.83. The molecule has 0 radical (unpaired) electrons. The van der Waals surface area contributed by atoms with Crippen molar-refractivity contribution in [1.82, 2.24) is 15.5 Å². The Morgan fingerprint density at radius 2 is 1.76 bits per heavy atom. The number of imide groups is 1. The molecule has 0 spiro atoms. The quantitative estimate of drug-likeness (QED) is 0.678. The van der Waals surface area contributed by atoms with E-state index in [9.17, 15) is 9.59 Å². The summed E-state index contributed by atoms with van der Waals surface area (Å²) in [7, 11) is 3.41. The maximum atomic E-state index is 12.0. The van der Waals surface area contributed by atoms with Gasteiger partial charge in [-0.3, -0.25) is 15.0 Å². The summed E-state index contributed by atoms with van der Waals surface area (Å²) in [6, 6.07) is 15.1. The molecule has 7 nitrogen and oxygen atoms in total. The maximum absolute atomic E-state index is 12.0. The molecule has 0 aromatic heterocycles. The van der Waals surface area contributed by atoms with Crippen molar-refractivity contribution in [3.05, 3.63) is 59.7 Å². The molecule has 156 valence electrons. The molecule has 0 saturated heterocycles. The van der Waals surface area contributed by atoms with Crippen LogP contribution >= 0.6 is 0 Å². The van der Waals surface area contributed by atoms with Crippen LogP contribution in [0.15, 0.2) is 48.5 Å². The monoisotopic (exact) mass is 399 g/mol. The van der Waals surface area contributed by atoms with Crippen molar-refractivity contribution in [2.24, 2.45) is 0 Å². The molecule has 0 saturated carbocycles. The van der Waals surface area contributed by atoms with Gasteiger partial charge in [0.15, 0.2) is 11.5 Å². The lowest BCUT2D eigenvalue weighted by molar-refractivity contribution is -0.120. The molecule has 3 amide bonds. The SMILES string of the molecule is COc1cc(CN(C)CC(=O)NC(=O)NC(C)C)ccc1OCc1ccccc1. The summed E-state index contributed by atoms with van der Waals surface area (Å²) in [6.45, 7) is 4.73. The topological polar surface area (TPSA) is 79.9 Å². The van der Waals surface area contributed by atoms with Crippen molar-refractivity contribution in [3.8, 4) is 11.5 Å². The molecule has 0 bridgehead atoms. The van der Waals surface area contributed by atoms with E-state index in [0.717, 1.165) is 11.1 Å². The summed E-state index contributed by atoms with van der Waals surface area (Å²) < 4.78 is 11.3. The average Bonchev–Trinajstić information content (AvgIpc) is 2.66. The second kappa shape index (κ2) is 11.1. The first-order chi connectivity index (χ1) is 13.9. The fourth-order valence-corrected chi connectivity index (χ4v) is 2.74. The van der Waals surface area contributed by atoms with E-state index in [1.807, 2.05) is 74.3 Å². The van der Waals surface area contributed by atoms with Crippen LogP contribution in [0.2, 0.25) is 0 Å². The van der Waals surface area contributed by atoms with E-state index in [1.165, 1.54) is 0 Å². The zero-order chi connectivity index (χ0) is 21.2. The number of hydrogen-bond acceptors (Lipinski definition) is 5. The zero-order valence-corrected chi connectivity index (χ0v) is 17.4. The first-order valence-corrected chi connectivity index (χ1v) is 9.50. The van der Waals surface area contributed by atoms with E-state index < -0.39 is 6.03 Å². The fourth-order valence-electron chi connectivity index (χ4n) is 2.74. The number of likely N-dealkylation sites (N-methyl/N-ethyl adjacent to an activating group) is 1. The normalized spacial score (nSPS) is 10.7. The fraction of sp³-hybridized carbons (Fsp3) is 0.364. The molecule has 0 unspecified atom stereocenters. The standard InChI is InChI=1S/C22H29N3O4/c1-16(2)23-22(27)24-21(26)14-25(3)13-18-10-11-19(20(12-18)28-4)29-15-17-8-6-5-7-9-17/h5-12,16H,13-15H2,1-4H3,(H2,23,24,26,27). The number of carbonyl (C=O) groups is 2. The van der Waals surface area contributed by atoms with Gasteiger partial charge >= 0.3 is 6.03 Å². The number of rotatable bonds is 9. The molecule has 2 rings (SSSR count). The number of nitrogens with zero attached hydrogens (tertiary/aromatic N) is 1. The highest BCUT2D eigenvalue weighted by Gasteiger charge is 2.13. The molecule has 2 aromatic rings. The summed E-state index contributed by atoms with van der Waals surface area (Å²) in [6.07, 6.45) is 0. The molecule has 0 aliphatic heterocycles. The van der Waals surface area contributed by atoms with Gasteiger partial charge in [-0.2, -0.15) is 0 Å². The highest BCUT2D eigenvalue weighted by molar-refractivity contribution is 5.95. The van der Waals surface area contributed by atoms with E-state index in [-0.39, 0.29) is 18.5 Å². The van der Waals surface area contributed by atoms with Gasteiger partial charge in [0, 0.05) is 12.6 Å². The van der Waals surface area contributed by atoms with E-state index in [1.54, 1.807) is 7.11 Å². The number of methoxy groups -OCH3 is 1. The van der Waals surface area contributed by atoms with Crippen LogP contribution in [0.1, 0.15) is 25.0 Å². The number of amides is 3. The lowest BCUT2D eigenvalue weighted by atomic mass is 10.2. The van der Waals surface area contributed by atoms with Crippen LogP contribution in [-0.4, -0.2) is 43.6 Å².